The number of fused-ring (bicyclic) bond motifs is 3. The molecule has 3 amide bonds. The third-order valence-corrected chi connectivity index (χ3v) is 6.81. The van der Waals surface area contributed by atoms with Gasteiger partial charge in [-0.1, -0.05) is 26.0 Å². The Balaban J connectivity index is 1.97. The van der Waals surface area contributed by atoms with Crippen molar-refractivity contribution in [2.45, 2.75) is 37.5 Å². The maximum absolute atomic E-state index is 12.7. The number of rotatable bonds is 9. The van der Waals surface area contributed by atoms with Crippen molar-refractivity contribution in [2.24, 2.45) is 0 Å². The van der Waals surface area contributed by atoms with E-state index in [2.05, 4.69) is 20.7 Å². The van der Waals surface area contributed by atoms with Crippen LogP contribution in [0.2, 0.25) is 0 Å². The van der Waals surface area contributed by atoms with E-state index in [1.54, 1.807) is 24.3 Å². The fraction of sp³-hybridized carbons (Fsp3) is 0.391. The second-order valence-corrected chi connectivity index (χ2v) is 9.50. The second kappa shape index (κ2) is 10.7. The van der Waals surface area contributed by atoms with Gasteiger partial charge in [0, 0.05) is 31.7 Å². The second-order valence-electron chi connectivity index (χ2n) is 7.73. The molecule has 1 aliphatic carbocycles. The Morgan fingerprint density at radius 3 is 2.30 bits per heavy atom. The zero-order valence-electron chi connectivity index (χ0n) is 19.0. The van der Waals surface area contributed by atoms with Crippen LogP contribution in [-0.4, -0.2) is 47.3 Å². The van der Waals surface area contributed by atoms with E-state index >= 15 is 0 Å². The van der Waals surface area contributed by atoms with E-state index in [-0.39, 0.29) is 23.5 Å². The molecule has 1 unspecified atom stereocenters. The minimum absolute atomic E-state index is 0.0248. The molecule has 0 spiro atoms. The number of sulfonamides is 1. The molecule has 0 saturated heterocycles. The maximum atomic E-state index is 12.7. The predicted molar refractivity (Wildman–Crippen MR) is 127 cm³/mol. The third-order valence-electron chi connectivity index (χ3n) is 5.35. The van der Waals surface area contributed by atoms with Gasteiger partial charge in [-0.3, -0.25) is 0 Å². The van der Waals surface area contributed by atoms with Gasteiger partial charge < -0.3 is 20.7 Å². The summed E-state index contributed by atoms with van der Waals surface area (Å²) in [6, 6.07) is 10.2. The molecule has 1 atom stereocenters. The van der Waals surface area contributed by atoms with Gasteiger partial charge in [0.1, 0.15) is 6.61 Å². The highest BCUT2D eigenvalue weighted by molar-refractivity contribution is 7.89. The van der Waals surface area contributed by atoms with Crippen molar-refractivity contribution in [1.29, 1.82) is 0 Å². The molecule has 2 aromatic carbocycles. The van der Waals surface area contributed by atoms with Crippen LogP contribution in [0.25, 0.3) is 11.1 Å². The molecule has 0 bridgehead atoms. The quantitative estimate of drug-likeness (QED) is 0.443. The molecule has 178 valence electrons. The SMILES string of the molecule is CCCNC(=O)Nc1ccc2c(c1)C(COC(=O)NC)c1cc(S(=O)(=O)NCCC)ccc1-2. The van der Waals surface area contributed by atoms with Crippen molar-refractivity contribution in [1.82, 2.24) is 15.4 Å². The van der Waals surface area contributed by atoms with Crippen molar-refractivity contribution >= 4 is 27.8 Å². The summed E-state index contributed by atoms with van der Waals surface area (Å²) in [7, 11) is -2.19. The number of carbonyl (C=O) groups excluding carboxylic acids is 2. The average Bonchev–Trinajstić information content (AvgIpc) is 3.11. The van der Waals surface area contributed by atoms with E-state index in [1.165, 1.54) is 7.05 Å². The van der Waals surface area contributed by atoms with Crippen LogP contribution in [0.1, 0.15) is 43.7 Å². The zero-order chi connectivity index (χ0) is 24.0. The molecule has 10 heteroatoms. The molecule has 1 aliphatic rings. The van der Waals surface area contributed by atoms with Crippen LogP contribution in [0, 0.1) is 0 Å². The van der Waals surface area contributed by atoms with Gasteiger partial charge in [0.05, 0.1) is 4.90 Å². The standard InChI is InChI=1S/C23H30N4O5S/c1-4-10-25-22(28)27-15-6-8-17-18-9-7-16(33(30,31)26-11-5-2)13-20(18)21(19(17)12-15)14-32-23(29)24-3/h6-9,12-13,21,26H,4-5,10-11,14H2,1-3H3,(H,24,29)(H2,25,27,28). The molecular weight excluding hydrogens is 444 g/mol. The summed E-state index contributed by atoms with van der Waals surface area (Å²) in [5, 5.41) is 8.00. The van der Waals surface area contributed by atoms with Gasteiger partial charge in [0.2, 0.25) is 10.0 Å². The maximum Gasteiger partial charge on any atom is 0.406 e. The van der Waals surface area contributed by atoms with Crippen LogP contribution >= 0.6 is 0 Å². The molecule has 2 aromatic rings. The van der Waals surface area contributed by atoms with Crippen molar-refractivity contribution in [3.8, 4) is 11.1 Å². The van der Waals surface area contributed by atoms with E-state index < -0.39 is 16.1 Å². The summed E-state index contributed by atoms with van der Waals surface area (Å²) in [6.07, 6.45) is 0.927. The Morgan fingerprint density at radius 1 is 0.970 bits per heavy atom. The summed E-state index contributed by atoms with van der Waals surface area (Å²) in [5.74, 6) is -0.380. The lowest BCUT2D eigenvalue weighted by atomic mass is 9.97. The number of ether oxygens (including phenoxy) is 1. The molecule has 0 aromatic heterocycles. The molecular formula is C23H30N4O5S. The predicted octanol–water partition coefficient (Wildman–Crippen LogP) is 3.37. The average molecular weight is 475 g/mol. The number of carbonyl (C=O) groups is 2. The van der Waals surface area contributed by atoms with Gasteiger partial charge in [0.15, 0.2) is 0 Å². The lowest BCUT2D eigenvalue weighted by Gasteiger charge is -2.16. The minimum Gasteiger partial charge on any atom is -0.449 e. The van der Waals surface area contributed by atoms with Crippen LogP contribution in [0.3, 0.4) is 0 Å². The summed E-state index contributed by atoms with van der Waals surface area (Å²) < 4.78 is 33.3. The van der Waals surface area contributed by atoms with E-state index in [1.807, 2.05) is 26.0 Å². The number of amides is 3. The lowest BCUT2D eigenvalue weighted by molar-refractivity contribution is 0.145. The minimum atomic E-state index is -3.66. The zero-order valence-corrected chi connectivity index (χ0v) is 19.8. The van der Waals surface area contributed by atoms with Crippen LogP contribution < -0.4 is 20.7 Å². The molecule has 9 nitrogen and oxygen atoms in total. The van der Waals surface area contributed by atoms with Gasteiger partial charge in [-0.2, -0.15) is 0 Å². The first-order chi connectivity index (χ1) is 15.8. The Bertz CT molecular complexity index is 1130. The van der Waals surface area contributed by atoms with E-state index in [0.717, 1.165) is 28.7 Å². The van der Waals surface area contributed by atoms with Crippen LogP contribution in [0.4, 0.5) is 15.3 Å². The molecule has 4 N–H and O–H groups in total. The Morgan fingerprint density at radius 2 is 1.64 bits per heavy atom. The fourth-order valence-electron chi connectivity index (χ4n) is 3.73. The molecule has 0 aliphatic heterocycles. The summed E-state index contributed by atoms with van der Waals surface area (Å²) >= 11 is 0. The summed E-state index contributed by atoms with van der Waals surface area (Å²) in [4.78, 5) is 24.0. The first-order valence-corrected chi connectivity index (χ1v) is 12.5. The fourth-order valence-corrected chi connectivity index (χ4v) is 4.90. The first kappa shape index (κ1) is 24.5. The summed E-state index contributed by atoms with van der Waals surface area (Å²) in [5.41, 5.74) is 3.96. The molecule has 33 heavy (non-hydrogen) atoms. The van der Waals surface area contributed by atoms with Crippen LogP contribution in [0.15, 0.2) is 41.3 Å². The monoisotopic (exact) mass is 474 g/mol. The Labute approximate surface area is 194 Å². The molecule has 0 saturated carbocycles. The van der Waals surface area contributed by atoms with E-state index in [0.29, 0.717) is 25.2 Å². The number of urea groups is 1. The van der Waals surface area contributed by atoms with Crippen molar-refractivity contribution in [3.63, 3.8) is 0 Å². The number of nitrogens with one attached hydrogen (secondary N) is 4. The van der Waals surface area contributed by atoms with Gasteiger partial charge >= 0.3 is 12.1 Å². The van der Waals surface area contributed by atoms with Crippen LogP contribution in [0.5, 0.6) is 0 Å². The molecule has 0 heterocycles. The normalized spacial score (nSPS) is 14.2. The van der Waals surface area contributed by atoms with Crippen molar-refractivity contribution in [3.05, 3.63) is 47.5 Å². The van der Waals surface area contributed by atoms with Gasteiger partial charge in [-0.15, -0.1) is 0 Å². The first-order valence-electron chi connectivity index (χ1n) is 11.0. The number of benzene rings is 2. The van der Waals surface area contributed by atoms with Crippen molar-refractivity contribution in [2.75, 3.05) is 32.1 Å². The van der Waals surface area contributed by atoms with Gasteiger partial charge in [-0.05, 0) is 59.4 Å². The van der Waals surface area contributed by atoms with Crippen molar-refractivity contribution < 1.29 is 22.7 Å². The largest absolute Gasteiger partial charge is 0.449 e. The molecule has 0 fully saturated rings. The smallest absolute Gasteiger partial charge is 0.406 e. The molecule has 0 radical (unpaired) electrons. The van der Waals surface area contributed by atoms with E-state index in [9.17, 15) is 18.0 Å². The Hall–Kier alpha value is -3.11. The number of hydrogen-bond donors (Lipinski definition) is 4. The number of alkyl carbamates (subject to hydrolysis) is 1. The third kappa shape index (κ3) is 5.63. The highest BCUT2D eigenvalue weighted by Gasteiger charge is 2.31. The van der Waals surface area contributed by atoms with Crippen LogP contribution in [-0.2, 0) is 14.8 Å². The Kier molecular flexibility index (Phi) is 7.93. The molecule has 3 rings (SSSR count). The van der Waals surface area contributed by atoms with Gasteiger partial charge in [-0.25, -0.2) is 22.7 Å². The van der Waals surface area contributed by atoms with Gasteiger partial charge in [0.25, 0.3) is 0 Å². The number of hydrogen-bond acceptors (Lipinski definition) is 5. The number of anilines is 1. The summed E-state index contributed by atoms with van der Waals surface area (Å²) in [6.45, 7) is 4.79. The topological polar surface area (TPSA) is 126 Å². The highest BCUT2D eigenvalue weighted by Crippen LogP contribution is 2.46. The lowest BCUT2D eigenvalue weighted by Crippen LogP contribution is -2.29. The van der Waals surface area contributed by atoms with E-state index in [4.69, 9.17) is 4.74 Å². The highest BCUT2D eigenvalue weighted by atomic mass is 32.2.